The zero-order valence-electron chi connectivity index (χ0n) is 8.83. The van der Waals surface area contributed by atoms with Crippen molar-refractivity contribution in [2.45, 2.75) is 11.8 Å². The lowest BCUT2D eigenvalue weighted by molar-refractivity contribution is 0.360. The van der Waals surface area contributed by atoms with Crippen molar-refractivity contribution in [2.75, 3.05) is 6.61 Å². The van der Waals surface area contributed by atoms with Crippen LogP contribution in [0.3, 0.4) is 0 Å². The molecule has 92 valence electrons. The molecule has 17 heavy (non-hydrogen) atoms. The summed E-state index contributed by atoms with van der Waals surface area (Å²) < 4.78 is 28.5. The average molecular weight is 339 g/mol. The van der Waals surface area contributed by atoms with Gasteiger partial charge >= 0.3 is 0 Å². The van der Waals surface area contributed by atoms with Gasteiger partial charge in [-0.1, -0.05) is 33.5 Å². The zero-order valence-corrected chi connectivity index (χ0v) is 12.0. The van der Waals surface area contributed by atoms with Gasteiger partial charge < -0.3 is 4.74 Å². The molecule has 0 aliphatic heterocycles. The van der Waals surface area contributed by atoms with Crippen molar-refractivity contribution in [2.24, 2.45) is 5.14 Å². The first kappa shape index (κ1) is 14.3. The average Bonchev–Trinajstić information content (AvgIpc) is 2.19. The lowest BCUT2D eigenvalue weighted by atomic mass is 10.3. The van der Waals surface area contributed by atoms with E-state index in [9.17, 15) is 8.42 Å². The number of hydrogen-bond donors (Lipinski definition) is 1. The minimum Gasteiger partial charge on any atom is -0.478 e. The Morgan fingerprint density at radius 3 is 2.71 bits per heavy atom. The van der Waals surface area contributed by atoms with E-state index in [0.717, 1.165) is 0 Å². The van der Waals surface area contributed by atoms with Crippen LogP contribution in [0.1, 0.15) is 6.92 Å². The van der Waals surface area contributed by atoms with Gasteiger partial charge in [0.15, 0.2) is 5.75 Å². The Morgan fingerprint density at radius 2 is 2.18 bits per heavy atom. The highest BCUT2D eigenvalue weighted by Crippen LogP contribution is 2.34. The summed E-state index contributed by atoms with van der Waals surface area (Å²) in [7, 11) is -3.90. The second-order valence-electron chi connectivity index (χ2n) is 2.98. The molecule has 0 radical (unpaired) electrons. The van der Waals surface area contributed by atoms with Gasteiger partial charge in [-0.3, -0.25) is 0 Å². The fourth-order valence-electron chi connectivity index (χ4n) is 1.07. The molecule has 0 heterocycles. The van der Waals surface area contributed by atoms with Crippen molar-refractivity contribution in [3.05, 3.63) is 21.6 Å². The molecule has 7 heteroatoms. The van der Waals surface area contributed by atoms with Gasteiger partial charge in [0.05, 0.1) is 5.02 Å². The molecule has 0 fully saturated rings. The molecule has 1 aromatic rings. The summed E-state index contributed by atoms with van der Waals surface area (Å²) in [6, 6.07) is 2.85. The topological polar surface area (TPSA) is 69.4 Å². The molecule has 2 N–H and O–H groups in total. The number of halogens is 2. The highest BCUT2D eigenvalue weighted by atomic mass is 79.9. The quantitative estimate of drug-likeness (QED) is 0.859. The van der Waals surface area contributed by atoms with Crippen molar-refractivity contribution >= 4 is 37.6 Å². The Bertz CT molecular complexity index is 590. The predicted molar refractivity (Wildman–Crippen MR) is 69.5 cm³/mol. The minimum absolute atomic E-state index is 0.0140. The molecule has 1 rings (SSSR count). The van der Waals surface area contributed by atoms with Gasteiger partial charge in [-0.05, 0) is 19.1 Å². The monoisotopic (exact) mass is 337 g/mol. The molecule has 0 spiro atoms. The number of sulfonamides is 1. The van der Waals surface area contributed by atoms with E-state index >= 15 is 0 Å². The van der Waals surface area contributed by atoms with Crippen molar-refractivity contribution in [1.82, 2.24) is 0 Å². The highest BCUT2D eigenvalue weighted by Gasteiger charge is 2.19. The Balaban J connectivity index is 3.29. The van der Waals surface area contributed by atoms with Crippen LogP contribution in [0.25, 0.3) is 0 Å². The molecule has 0 aliphatic rings. The summed E-state index contributed by atoms with van der Waals surface area (Å²) in [5, 5.41) is 5.23. The van der Waals surface area contributed by atoms with Crippen LogP contribution in [0, 0.1) is 11.8 Å². The third kappa shape index (κ3) is 3.89. The van der Waals surface area contributed by atoms with Crippen molar-refractivity contribution in [3.8, 4) is 17.6 Å². The molecular weight excluding hydrogens is 330 g/mol. The smallest absolute Gasteiger partial charge is 0.241 e. The number of hydrogen-bond acceptors (Lipinski definition) is 3. The van der Waals surface area contributed by atoms with E-state index < -0.39 is 10.0 Å². The fraction of sp³-hybridized carbons (Fsp3) is 0.200. The molecule has 0 amide bonds. The van der Waals surface area contributed by atoms with E-state index in [-0.39, 0.29) is 22.3 Å². The number of rotatable bonds is 3. The Kier molecular flexibility index (Phi) is 4.83. The van der Waals surface area contributed by atoms with Crippen molar-refractivity contribution < 1.29 is 13.2 Å². The Labute approximate surface area is 113 Å². The van der Waals surface area contributed by atoms with Crippen LogP contribution in [-0.2, 0) is 10.0 Å². The molecular formula is C10H9BrClNO3S. The first-order valence-electron chi connectivity index (χ1n) is 4.40. The molecule has 0 aliphatic carbocycles. The van der Waals surface area contributed by atoms with Gasteiger partial charge in [0.1, 0.15) is 11.5 Å². The van der Waals surface area contributed by atoms with Crippen LogP contribution in [0.2, 0.25) is 5.02 Å². The molecule has 0 saturated carbocycles. The molecule has 4 nitrogen and oxygen atoms in total. The van der Waals surface area contributed by atoms with Crippen LogP contribution >= 0.6 is 27.5 Å². The third-order valence-corrected chi connectivity index (χ3v) is 3.40. The minimum atomic E-state index is -3.90. The number of nitrogens with two attached hydrogens (primary N) is 1. The summed E-state index contributed by atoms with van der Waals surface area (Å²) in [5.74, 6) is 5.27. The van der Waals surface area contributed by atoms with Crippen molar-refractivity contribution in [1.29, 1.82) is 0 Å². The molecule has 0 aromatic heterocycles. The molecule has 0 atom stereocenters. The SMILES string of the molecule is CC#CCOc1c(Cl)cc(Br)cc1S(N)(=O)=O. The summed E-state index contributed by atoms with van der Waals surface area (Å²) >= 11 is 9.03. The summed E-state index contributed by atoms with van der Waals surface area (Å²) in [6.45, 7) is 1.69. The van der Waals surface area contributed by atoms with Crippen LogP contribution in [-0.4, -0.2) is 15.0 Å². The Hall–Kier alpha value is -0.740. The van der Waals surface area contributed by atoms with Crippen molar-refractivity contribution in [3.63, 3.8) is 0 Å². The van der Waals surface area contributed by atoms with E-state index in [1.807, 2.05) is 0 Å². The van der Waals surface area contributed by atoms with Gasteiger partial charge in [0.25, 0.3) is 0 Å². The second kappa shape index (κ2) is 5.74. The maximum Gasteiger partial charge on any atom is 0.241 e. The van der Waals surface area contributed by atoms with E-state index in [0.29, 0.717) is 4.47 Å². The standard InChI is InChI=1S/C10H9BrClNO3S/c1-2-3-4-16-10-8(12)5-7(11)6-9(10)17(13,14)15/h5-6H,4H2,1H3,(H2,13,14,15). The molecule has 0 bridgehead atoms. The maximum absolute atomic E-state index is 11.4. The lowest BCUT2D eigenvalue weighted by Gasteiger charge is -2.10. The maximum atomic E-state index is 11.4. The first-order chi connectivity index (χ1) is 7.86. The van der Waals surface area contributed by atoms with Gasteiger partial charge in [-0.25, -0.2) is 13.6 Å². The normalized spacial score (nSPS) is 10.6. The van der Waals surface area contributed by atoms with Gasteiger partial charge in [0, 0.05) is 4.47 Å². The van der Waals surface area contributed by atoms with Gasteiger partial charge in [-0.15, -0.1) is 5.92 Å². The molecule has 1 aromatic carbocycles. The van der Waals surface area contributed by atoms with Gasteiger partial charge in [-0.2, -0.15) is 0 Å². The lowest BCUT2D eigenvalue weighted by Crippen LogP contribution is -2.14. The van der Waals surface area contributed by atoms with E-state index in [2.05, 4.69) is 27.8 Å². The fourth-order valence-corrected chi connectivity index (χ4v) is 2.86. The third-order valence-electron chi connectivity index (χ3n) is 1.75. The summed E-state index contributed by atoms with van der Waals surface area (Å²) in [5.41, 5.74) is 0. The predicted octanol–water partition coefficient (Wildman–Crippen LogP) is 2.15. The van der Waals surface area contributed by atoms with Crippen LogP contribution in [0.4, 0.5) is 0 Å². The first-order valence-corrected chi connectivity index (χ1v) is 7.12. The van der Waals surface area contributed by atoms with Crippen LogP contribution < -0.4 is 9.88 Å². The second-order valence-corrected chi connectivity index (χ2v) is 5.83. The summed E-state index contributed by atoms with van der Waals surface area (Å²) in [4.78, 5) is -0.172. The van der Waals surface area contributed by atoms with Crippen LogP contribution in [0.15, 0.2) is 21.5 Å². The number of primary sulfonamides is 1. The van der Waals surface area contributed by atoms with Crippen LogP contribution in [0.5, 0.6) is 5.75 Å². The Morgan fingerprint density at radius 1 is 1.53 bits per heavy atom. The molecule has 0 saturated heterocycles. The highest BCUT2D eigenvalue weighted by molar-refractivity contribution is 9.10. The molecule has 0 unspecified atom stereocenters. The summed E-state index contributed by atoms with van der Waals surface area (Å²) in [6.07, 6.45) is 0. The van der Waals surface area contributed by atoms with E-state index in [1.165, 1.54) is 12.1 Å². The largest absolute Gasteiger partial charge is 0.478 e. The van der Waals surface area contributed by atoms with E-state index in [4.69, 9.17) is 21.5 Å². The zero-order chi connectivity index (χ0) is 13.1. The van der Waals surface area contributed by atoms with Gasteiger partial charge in [0.2, 0.25) is 10.0 Å². The number of benzene rings is 1. The van der Waals surface area contributed by atoms with E-state index in [1.54, 1.807) is 6.92 Å². The number of ether oxygens (including phenoxy) is 1.